The minimum atomic E-state index is -4.08. The van der Waals surface area contributed by atoms with Crippen LogP contribution in [-0.4, -0.2) is 37.7 Å². The fraction of sp³-hybridized carbons (Fsp3) is 0.333. The van der Waals surface area contributed by atoms with E-state index in [-0.39, 0.29) is 16.1 Å². The third-order valence-corrected chi connectivity index (χ3v) is 5.99. The molecule has 0 aromatic heterocycles. The number of nitrogens with zero attached hydrogens (tertiary/aromatic N) is 1. The van der Waals surface area contributed by atoms with Gasteiger partial charge in [-0.2, -0.15) is 0 Å². The Hall–Kier alpha value is -3.27. The number of sulfonamides is 1. The molecule has 0 saturated heterocycles. The molecule has 0 spiro atoms. The number of amides is 2. The van der Waals surface area contributed by atoms with Gasteiger partial charge in [0.15, 0.2) is 0 Å². The molecule has 10 heteroatoms. The number of fused-ring (bicyclic) bond motifs is 1. The van der Waals surface area contributed by atoms with E-state index in [1.165, 1.54) is 4.90 Å². The number of phenols is 1. The van der Waals surface area contributed by atoms with Crippen LogP contribution in [0.4, 0.5) is 16.2 Å². The highest BCUT2D eigenvalue weighted by Crippen LogP contribution is 2.32. The smallest absolute Gasteiger partial charge is 0.414 e. The standard InChI is InChI=1S/C21H25N3O6S/c1-21(2,3)30-20(27)24-10-4-5-13-6-7-14(11-17(13)24)23-31(28,29)15-8-9-18(25)16(12-15)19(22)26/h6-9,11-12,23,25H,4-5,10H2,1-3H3,(H2,22,26). The normalized spacial score (nSPS) is 14.0. The van der Waals surface area contributed by atoms with Gasteiger partial charge in [0, 0.05) is 6.54 Å². The topological polar surface area (TPSA) is 139 Å². The van der Waals surface area contributed by atoms with Gasteiger partial charge in [-0.25, -0.2) is 13.2 Å². The number of carbonyl (C=O) groups excluding carboxylic acids is 2. The van der Waals surface area contributed by atoms with Gasteiger partial charge in [-0.1, -0.05) is 6.07 Å². The molecule has 3 rings (SSSR count). The second-order valence-corrected chi connectivity index (χ2v) is 9.91. The second-order valence-electron chi connectivity index (χ2n) is 8.23. The highest BCUT2D eigenvalue weighted by atomic mass is 32.2. The van der Waals surface area contributed by atoms with Crippen LogP contribution >= 0.6 is 0 Å². The van der Waals surface area contributed by atoms with Crippen molar-refractivity contribution >= 4 is 33.4 Å². The van der Waals surface area contributed by atoms with E-state index in [0.29, 0.717) is 12.2 Å². The van der Waals surface area contributed by atoms with Crippen molar-refractivity contribution in [1.82, 2.24) is 0 Å². The summed E-state index contributed by atoms with van der Waals surface area (Å²) >= 11 is 0. The fourth-order valence-electron chi connectivity index (χ4n) is 3.24. The Bertz CT molecular complexity index is 1140. The lowest BCUT2D eigenvalue weighted by Gasteiger charge is -2.32. The molecular formula is C21H25N3O6S. The van der Waals surface area contributed by atoms with E-state index >= 15 is 0 Å². The van der Waals surface area contributed by atoms with Crippen molar-refractivity contribution in [2.24, 2.45) is 5.73 Å². The number of hydrogen-bond acceptors (Lipinski definition) is 6. The van der Waals surface area contributed by atoms with E-state index in [1.807, 2.05) is 0 Å². The van der Waals surface area contributed by atoms with Crippen LogP contribution in [0.15, 0.2) is 41.3 Å². The summed E-state index contributed by atoms with van der Waals surface area (Å²) < 4.78 is 33.5. The van der Waals surface area contributed by atoms with Gasteiger partial charge in [-0.05, 0) is 69.5 Å². The first-order valence-electron chi connectivity index (χ1n) is 9.66. The van der Waals surface area contributed by atoms with Gasteiger partial charge < -0.3 is 15.6 Å². The van der Waals surface area contributed by atoms with Crippen LogP contribution in [-0.2, 0) is 21.2 Å². The number of aryl methyl sites for hydroxylation is 1. The molecule has 0 saturated carbocycles. The molecule has 2 aromatic carbocycles. The number of ether oxygens (including phenoxy) is 1. The molecule has 0 radical (unpaired) electrons. The average molecular weight is 448 g/mol. The van der Waals surface area contributed by atoms with Crippen LogP contribution in [0.3, 0.4) is 0 Å². The van der Waals surface area contributed by atoms with Gasteiger partial charge in [-0.3, -0.25) is 14.4 Å². The number of nitrogens with two attached hydrogens (primary N) is 1. The molecule has 2 amide bonds. The van der Waals surface area contributed by atoms with E-state index in [9.17, 15) is 23.1 Å². The third kappa shape index (κ3) is 5.08. The molecule has 0 fully saturated rings. The number of carbonyl (C=O) groups is 2. The number of benzene rings is 2. The van der Waals surface area contributed by atoms with Gasteiger partial charge >= 0.3 is 6.09 Å². The molecule has 4 N–H and O–H groups in total. The number of hydrogen-bond donors (Lipinski definition) is 3. The van der Waals surface area contributed by atoms with Crippen molar-refractivity contribution in [2.75, 3.05) is 16.2 Å². The molecule has 1 aliphatic rings. The first-order chi connectivity index (χ1) is 14.4. The molecule has 31 heavy (non-hydrogen) atoms. The van der Waals surface area contributed by atoms with Crippen LogP contribution in [0.2, 0.25) is 0 Å². The van der Waals surface area contributed by atoms with Gasteiger partial charge in [0.2, 0.25) is 0 Å². The number of aromatic hydroxyl groups is 1. The summed E-state index contributed by atoms with van der Waals surface area (Å²) in [4.78, 5) is 25.3. The molecule has 0 atom stereocenters. The minimum Gasteiger partial charge on any atom is -0.507 e. The summed E-state index contributed by atoms with van der Waals surface area (Å²) in [5.41, 5.74) is 5.93. The van der Waals surface area contributed by atoms with Crippen molar-refractivity contribution in [1.29, 1.82) is 0 Å². The number of nitrogens with one attached hydrogen (secondary N) is 1. The number of rotatable bonds is 4. The number of primary amides is 1. The zero-order valence-corrected chi connectivity index (χ0v) is 18.3. The summed E-state index contributed by atoms with van der Waals surface area (Å²) in [6.07, 6.45) is 1.01. The largest absolute Gasteiger partial charge is 0.507 e. The quantitative estimate of drug-likeness (QED) is 0.658. The lowest BCUT2D eigenvalue weighted by atomic mass is 10.0. The zero-order chi connectivity index (χ0) is 23.0. The van der Waals surface area contributed by atoms with Gasteiger partial charge in [0.25, 0.3) is 15.9 Å². The Balaban J connectivity index is 1.92. The summed E-state index contributed by atoms with van der Waals surface area (Å²) in [5, 5.41) is 9.69. The van der Waals surface area contributed by atoms with Gasteiger partial charge in [0.05, 0.1) is 21.8 Å². The minimum absolute atomic E-state index is 0.235. The molecular weight excluding hydrogens is 422 g/mol. The molecule has 2 aromatic rings. The second kappa shape index (κ2) is 8.10. The molecule has 0 aliphatic carbocycles. The monoisotopic (exact) mass is 447 g/mol. The van der Waals surface area contributed by atoms with Crippen molar-refractivity contribution < 1.29 is 27.9 Å². The third-order valence-electron chi connectivity index (χ3n) is 4.61. The molecule has 0 unspecified atom stereocenters. The summed E-state index contributed by atoms with van der Waals surface area (Å²) in [6.45, 7) is 5.78. The van der Waals surface area contributed by atoms with E-state index in [1.54, 1.807) is 39.0 Å². The Morgan fingerprint density at radius 2 is 1.87 bits per heavy atom. The maximum absolute atomic E-state index is 12.8. The summed E-state index contributed by atoms with van der Waals surface area (Å²) in [6, 6.07) is 8.19. The van der Waals surface area contributed by atoms with Gasteiger partial charge in [0.1, 0.15) is 11.4 Å². The summed E-state index contributed by atoms with van der Waals surface area (Å²) in [7, 11) is -4.08. The number of anilines is 2. The maximum atomic E-state index is 12.8. The fourth-order valence-corrected chi connectivity index (χ4v) is 4.31. The van der Waals surface area contributed by atoms with Crippen molar-refractivity contribution in [3.8, 4) is 5.75 Å². The highest BCUT2D eigenvalue weighted by Gasteiger charge is 2.28. The van der Waals surface area contributed by atoms with Crippen LogP contribution < -0.4 is 15.4 Å². The van der Waals surface area contributed by atoms with Crippen LogP contribution in [0.1, 0.15) is 43.1 Å². The van der Waals surface area contributed by atoms with Crippen molar-refractivity contribution in [2.45, 2.75) is 44.1 Å². The molecule has 166 valence electrons. The highest BCUT2D eigenvalue weighted by molar-refractivity contribution is 7.92. The molecule has 1 heterocycles. The zero-order valence-electron chi connectivity index (χ0n) is 17.5. The van der Waals surface area contributed by atoms with E-state index < -0.39 is 33.4 Å². The van der Waals surface area contributed by atoms with Crippen LogP contribution in [0.5, 0.6) is 5.75 Å². The Labute approximate surface area is 180 Å². The average Bonchev–Trinajstić information content (AvgIpc) is 2.65. The molecule has 0 bridgehead atoms. The van der Waals surface area contributed by atoms with E-state index in [2.05, 4.69) is 4.72 Å². The predicted octanol–water partition coefficient (Wildman–Crippen LogP) is 2.98. The summed E-state index contributed by atoms with van der Waals surface area (Å²) in [5.74, 6) is -1.36. The van der Waals surface area contributed by atoms with Crippen molar-refractivity contribution in [3.63, 3.8) is 0 Å². The molecule has 1 aliphatic heterocycles. The van der Waals surface area contributed by atoms with Gasteiger partial charge in [-0.15, -0.1) is 0 Å². The van der Waals surface area contributed by atoms with Crippen LogP contribution in [0, 0.1) is 0 Å². The van der Waals surface area contributed by atoms with E-state index in [0.717, 1.165) is 36.6 Å². The first kappa shape index (κ1) is 22.4. The van der Waals surface area contributed by atoms with Crippen LogP contribution in [0.25, 0.3) is 0 Å². The SMILES string of the molecule is CC(C)(C)OC(=O)N1CCCc2ccc(NS(=O)(=O)c3ccc(O)c(C(N)=O)c3)cc21. The molecule has 9 nitrogen and oxygen atoms in total. The first-order valence-corrected chi connectivity index (χ1v) is 11.1. The maximum Gasteiger partial charge on any atom is 0.414 e. The Morgan fingerprint density at radius 1 is 1.16 bits per heavy atom. The Morgan fingerprint density at radius 3 is 2.52 bits per heavy atom. The lowest BCUT2D eigenvalue weighted by Crippen LogP contribution is -2.39. The Kier molecular flexibility index (Phi) is 5.86. The predicted molar refractivity (Wildman–Crippen MR) is 116 cm³/mol. The lowest BCUT2D eigenvalue weighted by molar-refractivity contribution is 0.0577. The van der Waals surface area contributed by atoms with Crippen molar-refractivity contribution in [3.05, 3.63) is 47.5 Å². The van der Waals surface area contributed by atoms with E-state index in [4.69, 9.17) is 10.5 Å².